The Morgan fingerprint density at radius 2 is 2.19 bits per heavy atom. The van der Waals surface area contributed by atoms with Crippen LogP contribution >= 0.6 is 23.2 Å². The number of hydrogen-bond acceptors (Lipinski definition) is 3. The fourth-order valence-corrected chi connectivity index (χ4v) is 2.40. The van der Waals surface area contributed by atoms with Crippen LogP contribution in [0.2, 0.25) is 5.15 Å². The summed E-state index contributed by atoms with van der Waals surface area (Å²) in [4.78, 5) is 8.49. The van der Waals surface area contributed by atoms with E-state index in [1.807, 2.05) is 12.1 Å². The molecule has 0 aromatic carbocycles. The summed E-state index contributed by atoms with van der Waals surface area (Å²) in [5, 5.41) is 0.526. The molecule has 1 saturated heterocycles. The molecule has 1 aliphatic heterocycles. The summed E-state index contributed by atoms with van der Waals surface area (Å²) in [7, 11) is 2.11. The predicted molar refractivity (Wildman–Crippen MR) is 68.3 cm³/mol. The second kappa shape index (κ2) is 5.21. The molecule has 88 valence electrons. The van der Waals surface area contributed by atoms with E-state index in [-0.39, 0.29) is 5.50 Å². The quantitative estimate of drug-likeness (QED) is 0.439. The third-order valence-corrected chi connectivity index (χ3v) is 3.60. The molecule has 0 radical (unpaired) electrons. The minimum Gasteiger partial charge on any atom is -0.351 e. The Labute approximate surface area is 106 Å². The summed E-state index contributed by atoms with van der Waals surface area (Å²) in [5.74, 6) is 0. The van der Waals surface area contributed by atoms with Gasteiger partial charge in [-0.15, -0.1) is 0 Å². The van der Waals surface area contributed by atoms with Crippen LogP contribution in [0.1, 0.15) is 6.42 Å². The molecule has 1 aliphatic rings. The number of hydrogen-bond donors (Lipinski definition) is 0. The van der Waals surface area contributed by atoms with Gasteiger partial charge >= 0.3 is 0 Å². The van der Waals surface area contributed by atoms with Crippen LogP contribution in [0.4, 0.5) is 5.69 Å². The van der Waals surface area contributed by atoms with E-state index in [0.717, 1.165) is 31.7 Å². The number of rotatable bonds is 1. The van der Waals surface area contributed by atoms with Gasteiger partial charge in [-0.3, -0.25) is 0 Å². The van der Waals surface area contributed by atoms with Crippen molar-refractivity contribution >= 4 is 28.9 Å². The molecule has 0 amide bonds. The largest absolute Gasteiger partial charge is 0.351 e. The number of nitrogens with zero attached hydrogens (tertiary/aromatic N) is 3. The zero-order valence-electron chi connectivity index (χ0n) is 9.24. The van der Waals surface area contributed by atoms with Crippen LogP contribution in [0.5, 0.6) is 0 Å². The maximum atomic E-state index is 6.37. The predicted octanol–water partition coefficient (Wildman–Crippen LogP) is 2.44. The molecule has 16 heavy (non-hydrogen) atoms. The Kier molecular flexibility index (Phi) is 3.90. The maximum absolute atomic E-state index is 6.37. The summed E-state index contributed by atoms with van der Waals surface area (Å²) in [6.45, 7) is 2.90. The van der Waals surface area contributed by atoms with Crippen LogP contribution in [0.15, 0.2) is 18.3 Å². The van der Waals surface area contributed by atoms with Crippen LogP contribution in [-0.4, -0.2) is 42.1 Å². The van der Waals surface area contributed by atoms with Crippen molar-refractivity contribution in [1.29, 1.82) is 0 Å². The Morgan fingerprint density at radius 1 is 1.38 bits per heavy atom. The minimum absolute atomic E-state index is 0.00773. The second-order valence-electron chi connectivity index (χ2n) is 4.03. The number of anilines is 1. The van der Waals surface area contributed by atoms with Gasteiger partial charge in [0.25, 0.3) is 0 Å². The number of pyridine rings is 1. The van der Waals surface area contributed by atoms with Crippen molar-refractivity contribution in [3.05, 3.63) is 23.5 Å². The van der Waals surface area contributed by atoms with Gasteiger partial charge in [0.15, 0.2) is 5.15 Å². The Hall–Kier alpha value is -0.510. The van der Waals surface area contributed by atoms with Crippen molar-refractivity contribution in [1.82, 2.24) is 9.88 Å². The van der Waals surface area contributed by atoms with Gasteiger partial charge in [0.2, 0.25) is 0 Å². The van der Waals surface area contributed by atoms with Gasteiger partial charge in [0, 0.05) is 25.8 Å². The lowest BCUT2D eigenvalue weighted by atomic mass is 10.3. The van der Waals surface area contributed by atoms with E-state index >= 15 is 0 Å². The molecule has 0 N–H and O–H groups in total. The topological polar surface area (TPSA) is 19.4 Å². The van der Waals surface area contributed by atoms with Gasteiger partial charge in [-0.25, -0.2) is 4.98 Å². The third-order valence-electron chi connectivity index (χ3n) is 2.86. The van der Waals surface area contributed by atoms with E-state index in [0.29, 0.717) is 5.15 Å². The van der Waals surface area contributed by atoms with Gasteiger partial charge in [-0.2, -0.15) is 0 Å². The van der Waals surface area contributed by atoms with E-state index in [1.54, 1.807) is 6.20 Å². The van der Waals surface area contributed by atoms with Crippen molar-refractivity contribution in [2.24, 2.45) is 0 Å². The van der Waals surface area contributed by atoms with Gasteiger partial charge < -0.3 is 9.80 Å². The third kappa shape index (κ3) is 2.59. The van der Waals surface area contributed by atoms with Crippen LogP contribution in [0.3, 0.4) is 0 Å². The van der Waals surface area contributed by atoms with Crippen LogP contribution in [0.25, 0.3) is 0 Å². The highest BCUT2D eigenvalue weighted by Crippen LogP contribution is 2.28. The summed E-state index contributed by atoms with van der Waals surface area (Å²) < 4.78 is 0. The van der Waals surface area contributed by atoms with Crippen LogP contribution in [-0.2, 0) is 0 Å². The van der Waals surface area contributed by atoms with Crippen molar-refractivity contribution in [3.8, 4) is 0 Å². The first kappa shape index (κ1) is 12.0. The molecule has 1 atom stereocenters. The van der Waals surface area contributed by atoms with Gasteiger partial charge in [-0.1, -0.05) is 23.2 Å². The molecule has 1 unspecified atom stereocenters. The monoisotopic (exact) mass is 259 g/mol. The van der Waals surface area contributed by atoms with Gasteiger partial charge in [-0.05, 0) is 25.6 Å². The van der Waals surface area contributed by atoms with Gasteiger partial charge in [0.1, 0.15) is 5.50 Å². The molecule has 0 saturated carbocycles. The molecule has 1 fully saturated rings. The molecule has 0 aliphatic carbocycles. The Morgan fingerprint density at radius 3 is 2.94 bits per heavy atom. The van der Waals surface area contributed by atoms with E-state index in [9.17, 15) is 0 Å². The Bertz CT molecular complexity index is 359. The summed E-state index contributed by atoms with van der Waals surface area (Å²) in [6, 6.07) is 3.86. The lowest BCUT2D eigenvalue weighted by Crippen LogP contribution is -2.33. The molecular weight excluding hydrogens is 245 g/mol. The highest BCUT2D eigenvalue weighted by molar-refractivity contribution is 6.32. The molecule has 2 heterocycles. The van der Waals surface area contributed by atoms with Gasteiger partial charge in [0.05, 0.1) is 5.69 Å². The maximum Gasteiger partial charge on any atom is 0.152 e. The molecule has 5 heteroatoms. The molecule has 2 rings (SSSR count). The SMILES string of the molecule is CN1CCC(Cl)N(c2cccnc2Cl)CC1. The fourth-order valence-electron chi connectivity index (χ4n) is 1.88. The summed E-state index contributed by atoms with van der Waals surface area (Å²) in [6.07, 6.45) is 2.63. The minimum atomic E-state index is -0.00773. The van der Waals surface area contributed by atoms with Crippen molar-refractivity contribution in [2.75, 3.05) is 31.6 Å². The normalized spacial score (nSPS) is 23.2. The van der Waals surface area contributed by atoms with Crippen molar-refractivity contribution < 1.29 is 0 Å². The number of aromatic nitrogens is 1. The first-order valence-corrected chi connectivity index (χ1v) is 6.19. The number of likely N-dealkylation sites (N-methyl/N-ethyl adjacent to an activating group) is 1. The van der Waals surface area contributed by atoms with Crippen LogP contribution in [0, 0.1) is 0 Å². The summed E-state index contributed by atoms with van der Waals surface area (Å²) in [5.41, 5.74) is 0.922. The van der Waals surface area contributed by atoms with Crippen LogP contribution < -0.4 is 4.90 Å². The molecule has 3 nitrogen and oxygen atoms in total. The molecule has 1 aromatic heterocycles. The lowest BCUT2D eigenvalue weighted by molar-refractivity contribution is 0.359. The Balaban J connectivity index is 2.22. The van der Waals surface area contributed by atoms with E-state index in [1.165, 1.54) is 0 Å². The second-order valence-corrected chi connectivity index (χ2v) is 4.89. The van der Waals surface area contributed by atoms with Crippen molar-refractivity contribution in [3.63, 3.8) is 0 Å². The fraction of sp³-hybridized carbons (Fsp3) is 0.545. The summed E-state index contributed by atoms with van der Waals surface area (Å²) >= 11 is 12.5. The smallest absolute Gasteiger partial charge is 0.152 e. The van der Waals surface area contributed by atoms with E-state index in [2.05, 4.69) is 21.8 Å². The lowest BCUT2D eigenvalue weighted by Gasteiger charge is -2.27. The zero-order valence-corrected chi connectivity index (χ0v) is 10.7. The van der Waals surface area contributed by atoms with E-state index in [4.69, 9.17) is 23.2 Å². The molecular formula is C11H15Cl2N3. The van der Waals surface area contributed by atoms with Crippen molar-refractivity contribution in [2.45, 2.75) is 11.9 Å². The average molecular weight is 260 g/mol. The first-order valence-electron chi connectivity index (χ1n) is 5.38. The highest BCUT2D eigenvalue weighted by atomic mass is 35.5. The average Bonchev–Trinajstić information content (AvgIpc) is 2.43. The van der Waals surface area contributed by atoms with E-state index < -0.39 is 0 Å². The standard InChI is InChI=1S/C11H15Cl2N3/c1-15-6-4-10(12)16(8-7-15)9-3-2-5-14-11(9)13/h2-3,5,10H,4,6-8H2,1H3. The number of alkyl halides is 1. The zero-order chi connectivity index (χ0) is 11.5. The number of halogens is 2. The molecule has 1 aromatic rings. The molecule has 0 bridgehead atoms. The highest BCUT2D eigenvalue weighted by Gasteiger charge is 2.22. The molecule has 0 spiro atoms. The first-order chi connectivity index (χ1) is 7.68.